The smallest absolute Gasteiger partial charge is 0.322 e. The summed E-state index contributed by atoms with van der Waals surface area (Å²) in [4.78, 5) is 25.5. The Labute approximate surface area is 129 Å². The van der Waals surface area contributed by atoms with Gasteiger partial charge >= 0.3 is 6.03 Å². The number of carbonyl (C=O) groups is 2. The van der Waals surface area contributed by atoms with E-state index < -0.39 is 0 Å². The lowest BCUT2D eigenvalue weighted by Gasteiger charge is -2.18. The van der Waals surface area contributed by atoms with E-state index in [-0.39, 0.29) is 18.0 Å². The van der Waals surface area contributed by atoms with Gasteiger partial charge in [0.1, 0.15) is 5.75 Å². The van der Waals surface area contributed by atoms with Gasteiger partial charge in [0.15, 0.2) is 0 Å². The van der Waals surface area contributed by atoms with Gasteiger partial charge in [0.05, 0.1) is 12.8 Å². The van der Waals surface area contributed by atoms with E-state index in [4.69, 9.17) is 10.5 Å². The third-order valence-electron chi connectivity index (χ3n) is 3.47. The molecule has 7 heteroatoms. The quantitative estimate of drug-likeness (QED) is 0.720. The van der Waals surface area contributed by atoms with Crippen LogP contribution in [0.4, 0.5) is 10.5 Å². The first-order valence-corrected chi connectivity index (χ1v) is 7.30. The summed E-state index contributed by atoms with van der Waals surface area (Å²) < 4.78 is 5.28. The second-order valence-corrected chi connectivity index (χ2v) is 5.29. The van der Waals surface area contributed by atoms with Gasteiger partial charge in [-0.05, 0) is 31.5 Å². The van der Waals surface area contributed by atoms with Crippen LogP contribution in [0.25, 0.3) is 0 Å². The molecule has 0 saturated carbocycles. The van der Waals surface area contributed by atoms with Gasteiger partial charge in [0.25, 0.3) is 5.91 Å². The average Bonchev–Trinajstić information content (AvgIpc) is 2.92. The van der Waals surface area contributed by atoms with Gasteiger partial charge in [0.2, 0.25) is 0 Å². The molecule has 2 rings (SSSR count). The summed E-state index contributed by atoms with van der Waals surface area (Å²) in [6.07, 6.45) is 0.712. The number of nitrogens with one attached hydrogen (secondary N) is 2. The van der Waals surface area contributed by atoms with E-state index in [0.717, 1.165) is 0 Å². The van der Waals surface area contributed by atoms with E-state index in [1.54, 1.807) is 23.1 Å². The van der Waals surface area contributed by atoms with Crippen molar-refractivity contribution in [1.82, 2.24) is 10.6 Å². The van der Waals surface area contributed by atoms with Crippen molar-refractivity contribution >= 4 is 17.6 Å². The maximum absolute atomic E-state index is 12.2. The summed E-state index contributed by atoms with van der Waals surface area (Å²) in [7, 11) is 1.54. The van der Waals surface area contributed by atoms with E-state index in [1.165, 1.54) is 7.11 Å². The van der Waals surface area contributed by atoms with Crippen molar-refractivity contribution in [2.75, 3.05) is 31.6 Å². The van der Waals surface area contributed by atoms with Gasteiger partial charge < -0.3 is 21.1 Å². The highest BCUT2D eigenvalue weighted by Gasteiger charge is 2.25. The van der Waals surface area contributed by atoms with Crippen molar-refractivity contribution < 1.29 is 14.3 Å². The second kappa shape index (κ2) is 7.13. The monoisotopic (exact) mass is 306 g/mol. The van der Waals surface area contributed by atoms with Crippen LogP contribution in [0.5, 0.6) is 5.75 Å². The van der Waals surface area contributed by atoms with Crippen molar-refractivity contribution in [3.8, 4) is 5.75 Å². The number of urea groups is 1. The van der Waals surface area contributed by atoms with Crippen LogP contribution in [-0.2, 0) is 0 Å². The molecule has 1 heterocycles. The fraction of sp³-hybridized carbons (Fsp3) is 0.467. The van der Waals surface area contributed by atoms with Gasteiger partial charge in [-0.25, -0.2) is 4.79 Å². The number of benzene rings is 1. The molecule has 1 fully saturated rings. The van der Waals surface area contributed by atoms with E-state index in [9.17, 15) is 9.59 Å². The number of nitrogens with zero attached hydrogens (tertiary/aromatic N) is 1. The summed E-state index contributed by atoms with van der Waals surface area (Å²) in [6.45, 7) is 3.53. The number of anilines is 1. The highest BCUT2D eigenvalue weighted by molar-refractivity contribution is 5.99. The Hall–Kier alpha value is -2.28. The molecule has 1 aromatic rings. The van der Waals surface area contributed by atoms with Crippen molar-refractivity contribution in [3.63, 3.8) is 0 Å². The Kier molecular flexibility index (Phi) is 5.21. The molecule has 4 N–H and O–H groups in total. The van der Waals surface area contributed by atoms with Crippen molar-refractivity contribution in [2.45, 2.75) is 19.4 Å². The molecule has 0 spiro atoms. The minimum atomic E-state index is -0.191. The molecule has 0 radical (unpaired) electrons. The molecule has 0 bridgehead atoms. The van der Waals surface area contributed by atoms with Crippen LogP contribution in [0.15, 0.2) is 18.2 Å². The van der Waals surface area contributed by atoms with Gasteiger partial charge in [-0.15, -0.1) is 0 Å². The molecule has 1 atom stereocenters. The Morgan fingerprint density at radius 1 is 1.55 bits per heavy atom. The standard InChI is InChI=1S/C15H22N4O3/c1-10(16)5-6-17-14(20)11-3-4-13(22-2)12(9-11)19-8-7-18-15(19)21/h3-4,9-10H,5-8,16H2,1-2H3,(H,17,20)(H,18,21). The van der Waals surface area contributed by atoms with Gasteiger partial charge in [0, 0.05) is 31.2 Å². The maximum atomic E-state index is 12.2. The third kappa shape index (κ3) is 3.67. The molecule has 1 aromatic carbocycles. The number of ether oxygens (including phenoxy) is 1. The topological polar surface area (TPSA) is 96.7 Å². The van der Waals surface area contributed by atoms with Gasteiger partial charge in [-0.3, -0.25) is 9.69 Å². The van der Waals surface area contributed by atoms with Crippen LogP contribution in [0.3, 0.4) is 0 Å². The zero-order valence-electron chi connectivity index (χ0n) is 12.9. The molecular weight excluding hydrogens is 284 g/mol. The largest absolute Gasteiger partial charge is 0.495 e. The number of amides is 3. The minimum absolute atomic E-state index is 0.0417. The molecule has 1 aliphatic rings. The SMILES string of the molecule is COc1ccc(C(=O)NCCC(C)N)cc1N1CCNC1=O. The van der Waals surface area contributed by atoms with Crippen LogP contribution < -0.4 is 26.0 Å². The molecule has 120 valence electrons. The van der Waals surface area contributed by atoms with E-state index in [1.807, 2.05) is 6.92 Å². The molecule has 1 unspecified atom stereocenters. The lowest BCUT2D eigenvalue weighted by Crippen LogP contribution is -2.30. The first-order valence-electron chi connectivity index (χ1n) is 7.30. The number of rotatable bonds is 6. The zero-order chi connectivity index (χ0) is 16.1. The first kappa shape index (κ1) is 16.1. The predicted molar refractivity (Wildman–Crippen MR) is 84.3 cm³/mol. The number of hydrogen-bond donors (Lipinski definition) is 3. The molecule has 22 heavy (non-hydrogen) atoms. The first-order chi connectivity index (χ1) is 10.5. The summed E-state index contributed by atoms with van der Waals surface area (Å²) in [5.74, 6) is 0.369. The Bertz CT molecular complexity index is 560. The van der Waals surface area contributed by atoms with Crippen LogP contribution in [0.2, 0.25) is 0 Å². The van der Waals surface area contributed by atoms with Crippen molar-refractivity contribution in [3.05, 3.63) is 23.8 Å². The summed E-state index contributed by atoms with van der Waals surface area (Å²) in [5.41, 5.74) is 6.74. The van der Waals surface area contributed by atoms with E-state index >= 15 is 0 Å². The van der Waals surface area contributed by atoms with Crippen LogP contribution in [-0.4, -0.2) is 44.7 Å². The molecule has 1 saturated heterocycles. The lowest BCUT2D eigenvalue weighted by atomic mass is 10.1. The van der Waals surface area contributed by atoms with Crippen LogP contribution in [0.1, 0.15) is 23.7 Å². The molecule has 1 aliphatic heterocycles. The fourth-order valence-electron chi connectivity index (χ4n) is 2.26. The Morgan fingerprint density at radius 3 is 2.91 bits per heavy atom. The Balaban J connectivity index is 2.16. The van der Waals surface area contributed by atoms with E-state index in [2.05, 4.69) is 10.6 Å². The van der Waals surface area contributed by atoms with Crippen LogP contribution >= 0.6 is 0 Å². The minimum Gasteiger partial charge on any atom is -0.495 e. The second-order valence-electron chi connectivity index (χ2n) is 5.29. The van der Waals surface area contributed by atoms with Gasteiger partial charge in [-0.2, -0.15) is 0 Å². The van der Waals surface area contributed by atoms with E-state index in [0.29, 0.717) is 43.1 Å². The molecular formula is C15H22N4O3. The van der Waals surface area contributed by atoms with Gasteiger partial charge in [-0.1, -0.05) is 0 Å². The number of methoxy groups -OCH3 is 1. The Morgan fingerprint density at radius 2 is 2.32 bits per heavy atom. The number of nitrogens with two attached hydrogens (primary N) is 1. The number of hydrogen-bond acceptors (Lipinski definition) is 4. The van der Waals surface area contributed by atoms with Crippen LogP contribution in [0, 0.1) is 0 Å². The highest BCUT2D eigenvalue weighted by atomic mass is 16.5. The lowest BCUT2D eigenvalue weighted by molar-refractivity contribution is 0.0952. The van der Waals surface area contributed by atoms with Crippen molar-refractivity contribution in [1.29, 1.82) is 0 Å². The summed E-state index contributed by atoms with van der Waals surface area (Å²) >= 11 is 0. The molecule has 0 aliphatic carbocycles. The highest BCUT2D eigenvalue weighted by Crippen LogP contribution is 2.30. The summed E-state index contributed by atoms with van der Waals surface area (Å²) in [5, 5.41) is 5.55. The summed E-state index contributed by atoms with van der Waals surface area (Å²) in [6, 6.07) is 4.90. The molecule has 0 aromatic heterocycles. The predicted octanol–water partition coefficient (Wildman–Crippen LogP) is 0.692. The maximum Gasteiger partial charge on any atom is 0.322 e. The van der Waals surface area contributed by atoms with Crippen molar-refractivity contribution in [2.24, 2.45) is 5.73 Å². The zero-order valence-corrected chi connectivity index (χ0v) is 12.9. The molecule has 3 amide bonds. The molecule has 7 nitrogen and oxygen atoms in total. The third-order valence-corrected chi connectivity index (χ3v) is 3.47. The normalized spacial score (nSPS) is 15.4. The average molecular weight is 306 g/mol. The fourth-order valence-corrected chi connectivity index (χ4v) is 2.26. The number of carbonyl (C=O) groups excluding carboxylic acids is 2.